The quantitative estimate of drug-likeness (QED) is 0.845. The molecule has 0 aliphatic heterocycles. The highest BCUT2D eigenvalue weighted by Gasteiger charge is 2.23. The lowest BCUT2D eigenvalue weighted by molar-refractivity contribution is -0.123. The van der Waals surface area contributed by atoms with Gasteiger partial charge in [-0.15, -0.1) is 0 Å². The molecule has 2 N–H and O–H groups in total. The number of hydrogen-bond acceptors (Lipinski definition) is 3. The fraction of sp³-hybridized carbons (Fsp3) is 0.643. The summed E-state index contributed by atoms with van der Waals surface area (Å²) in [7, 11) is 0. The zero-order chi connectivity index (χ0) is 13.8. The minimum absolute atomic E-state index is 0.0116. The Labute approximate surface area is 109 Å². The number of hydrogen-bond donors (Lipinski definition) is 2. The highest BCUT2D eigenvalue weighted by molar-refractivity contribution is 5.81. The predicted molar refractivity (Wildman–Crippen MR) is 72.1 cm³/mol. The van der Waals surface area contributed by atoms with Gasteiger partial charge >= 0.3 is 0 Å². The molecule has 0 bridgehead atoms. The SMILES string of the molecule is CC(NC(C)C(C)(C)C)C(=O)NCc1ccco1. The zero-order valence-corrected chi connectivity index (χ0v) is 11.9. The van der Waals surface area contributed by atoms with Crippen molar-refractivity contribution in [3.8, 4) is 0 Å². The summed E-state index contributed by atoms with van der Waals surface area (Å²) < 4.78 is 5.16. The van der Waals surface area contributed by atoms with E-state index in [4.69, 9.17) is 4.42 Å². The van der Waals surface area contributed by atoms with E-state index in [0.29, 0.717) is 6.54 Å². The summed E-state index contributed by atoms with van der Waals surface area (Å²) in [5, 5.41) is 6.15. The van der Waals surface area contributed by atoms with E-state index in [2.05, 4.69) is 38.3 Å². The van der Waals surface area contributed by atoms with Crippen molar-refractivity contribution < 1.29 is 9.21 Å². The van der Waals surface area contributed by atoms with E-state index < -0.39 is 0 Å². The molecule has 2 atom stereocenters. The molecule has 1 heterocycles. The molecular formula is C14H24N2O2. The van der Waals surface area contributed by atoms with Crippen LogP contribution in [-0.4, -0.2) is 18.0 Å². The van der Waals surface area contributed by atoms with Crippen LogP contribution in [0.15, 0.2) is 22.8 Å². The van der Waals surface area contributed by atoms with Crippen molar-refractivity contribution in [2.24, 2.45) is 5.41 Å². The Morgan fingerprint density at radius 1 is 1.39 bits per heavy atom. The molecule has 4 heteroatoms. The van der Waals surface area contributed by atoms with E-state index in [1.165, 1.54) is 0 Å². The normalized spacial score (nSPS) is 15.2. The molecule has 0 fully saturated rings. The third kappa shape index (κ3) is 4.53. The van der Waals surface area contributed by atoms with Crippen LogP contribution in [0.1, 0.15) is 40.4 Å². The molecular weight excluding hydrogens is 228 g/mol. The summed E-state index contributed by atoms with van der Waals surface area (Å²) >= 11 is 0. The van der Waals surface area contributed by atoms with Crippen LogP contribution in [0.2, 0.25) is 0 Å². The van der Waals surface area contributed by atoms with Gasteiger partial charge in [-0.1, -0.05) is 20.8 Å². The molecule has 18 heavy (non-hydrogen) atoms. The molecule has 1 amide bonds. The average molecular weight is 252 g/mol. The van der Waals surface area contributed by atoms with E-state index in [0.717, 1.165) is 5.76 Å². The van der Waals surface area contributed by atoms with Crippen LogP contribution in [0.4, 0.5) is 0 Å². The van der Waals surface area contributed by atoms with Crippen molar-refractivity contribution in [3.05, 3.63) is 24.2 Å². The Morgan fingerprint density at radius 3 is 2.56 bits per heavy atom. The maximum atomic E-state index is 11.9. The van der Waals surface area contributed by atoms with E-state index in [-0.39, 0.29) is 23.4 Å². The first-order chi connectivity index (χ1) is 8.30. The fourth-order valence-corrected chi connectivity index (χ4v) is 1.44. The van der Waals surface area contributed by atoms with Crippen LogP contribution in [0, 0.1) is 5.41 Å². The number of rotatable bonds is 5. The fourth-order valence-electron chi connectivity index (χ4n) is 1.44. The molecule has 0 spiro atoms. The smallest absolute Gasteiger partial charge is 0.237 e. The summed E-state index contributed by atoms with van der Waals surface area (Å²) in [6.07, 6.45) is 1.60. The topological polar surface area (TPSA) is 54.3 Å². The highest BCUT2D eigenvalue weighted by atomic mass is 16.3. The third-order valence-corrected chi connectivity index (χ3v) is 3.21. The highest BCUT2D eigenvalue weighted by Crippen LogP contribution is 2.18. The van der Waals surface area contributed by atoms with Crippen molar-refractivity contribution in [1.29, 1.82) is 0 Å². The maximum Gasteiger partial charge on any atom is 0.237 e. The van der Waals surface area contributed by atoms with Gasteiger partial charge < -0.3 is 15.1 Å². The zero-order valence-electron chi connectivity index (χ0n) is 11.9. The summed E-state index contributed by atoms with van der Waals surface area (Å²) in [6, 6.07) is 3.71. The molecule has 0 saturated carbocycles. The summed E-state index contributed by atoms with van der Waals surface area (Å²) in [5.74, 6) is 0.752. The standard InChI is InChI=1S/C14H24N2O2/c1-10(16-11(2)14(3,4)5)13(17)15-9-12-7-6-8-18-12/h6-8,10-11,16H,9H2,1-5H3,(H,15,17). The minimum Gasteiger partial charge on any atom is -0.467 e. The molecule has 4 nitrogen and oxygen atoms in total. The van der Waals surface area contributed by atoms with Crippen LogP contribution >= 0.6 is 0 Å². The van der Waals surface area contributed by atoms with Crippen molar-refractivity contribution >= 4 is 5.91 Å². The van der Waals surface area contributed by atoms with E-state index >= 15 is 0 Å². The van der Waals surface area contributed by atoms with E-state index in [1.54, 1.807) is 6.26 Å². The van der Waals surface area contributed by atoms with Crippen LogP contribution in [0.5, 0.6) is 0 Å². The average Bonchev–Trinajstić information content (AvgIpc) is 2.77. The molecule has 102 valence electrons. The second-order valence-electron chi connectivity index (χ2n) is 5.77. The Hall–Kier alpha value is -1.29. The van der Waals surface area contributed by atoms with Gasteiger partial charge in [0.2, 0.25) is 5.91 Å². The van der Waals surface area contributed by atoms with Crippen LogP contribution in [0.25, 0.3) is 0 Å². The first kappa shape index (κ1) is 14.8. The predicted octanol–water partition coefficient (Wildman–Crippen LogP) is 2.31. The number of nitrogens with one attached hydrogen (secondary N) is 2. The summed E-state index contributed by atoms with van der Waals surface area (Å²) in [5.41, 5.74) is 0.134. The van der Waals surface area contributed by atoms with Crippen LogP contribution in [-0.2, 0) is 11.3 Å². The maximum absolute atomic E-state index is 11.9. The van der Waals surface area contributed by atoms with Gasteiger partial charge in [-0.3, -0.25) is 4.79 Å². The molecule has 2 unspecified atom stereocenters. The number of amides is 1. The lowest BCUT2D eigenvalue weighted by atomic mass is 9.87. The van der Waals surface area contributed by atoms with Gasteiger partial charge in [0.05, 0.1) is 18.8 Å². The van der Waals surface area contributed by atoms with Gasteiger partial charge in [-0.25, -0.2) is 0 Å². The number of furan rings is 1. The third-order valence-electron chi connectivity index (χ3n) is 3.21. The van der Waals surface area contributed by atoms with Gasteiger partial charge in [0.25, 0.3) is 0 Å². The molecule has 0 aliphatic carbocycles. The summed E-state index contributed by atoms with van der Waals surface area (Å²) in [4.78, 5) is 11.9. The Balaban J connectivity index is 2.37. The van der Waals surface area contributed by atoms with Crippen molar-refractivity contribution in [1.82, 2.24) is 10.6 Å². The monoisotopic (exact) mass is 252 g/mol. The van der Waals surface area contributed by atoms with Gasteiger partial charge in [-0.05, 0) is 31.4 Å². The van der Waals surface area contributed by atoms with Gasteiger partial charge in [0.15, 0.2) is 0 Å². The molecule has 0 aromatic carbocycles. The first-order valence-corrected chi connectivity index (χ1v) is 6.37. The number of carbonyl (C=O) groups is 1. The summed E-state index contributed by atoms with van der Waals surface area (Å²) in [6.45, 7) is 10.9. The van der Waals surface area contributed by atoms with E-state index in [9.17, 15) is 4.79 Å². The van der Waals surface area contributed by atoms with Gasteiger partial charge in [-0.2, -0.15) is 0 Å². The van der Waals surface area contributed by atoms with E-state index in [1.807, 2.05) is 19.1 Å². The van der Waals surface area contributed by atoms with Crippen LogP contribution in [0.3, 0.4) is 0 Å². The van der Waals surface area contributed by atoms with Crippen LogP contribution < -0.4 is 10.6 Å². The Bertz CT molecular complexity index is 366. The largest absolute Gasteiger partial charge is 0.467 e. The molecule has 1 rings (SSSR count). The van der Waals surface area contributed by atoms with Gasteiger partial charge in [0, 0.05) is 6.04 Å². The second-order valence-corrected chi connectivity index (χ2v) is 5.77. The first-order valence-electron chi connectivity index (χ1n) is 6.37. The molecule has 1 aromatic rings. The molecule has 0 radical (unpaired) electrons. The van der Waals surface area contributed by atoms with Gasteiger partial charge in [0.1, 0.15) is 5.76 Å². The lowest BCUT2D eigenvalue weighted by Crippen LogP contribution is -2.49. The minimum atomic E-state index is -0.214. The Kier molecular flexibility index (Phi) is 4.96. The lowest BCUT2D eigenvalue weighted by Gasteiger charge is -2.30. The number of carbonyl (C=O) groups excluding carboxylic acids is 1. The molecule has 0 aliphatic rings. The van der Waals surface area contributed by atoms with Crippen molar-refractivity contribution in [2.75, 3.05) is 0 Å². The second kappa shape index (κ2) is 6.05. The molecule has 0 saturated heterocycles. The Morgan fingerprint density at radius 2 is 2.06 bits per heavy atom. The van der Waals surface area contributed by atoms with Crippen molar-refractivity contribution in [2.45, 2.75) is 53.2 Å². The molecule has 1 aromatic heterocycles. The van der Waals surface area contributed by atoms with Crippen molar-refractivity contribution in [3.63, 3.8) is 0 Å².